The second-order valence-corrected chi connectivity index (χ2v) is 13.1. The van der Waals surface area contributed by atoms with Gasteiger partial charge in [0.15, 0.2) is 17.5 Å². The van der Waals surface area contributed by atoms with E-state index in [-0.39, 0.29) is 0 Å². The zero-order chi connectivity index (χ0) is 31.6. The fraction of sp³-hybridized carbons (Fsp3) is 0. The molecule has 7 aromatic carbocycles. The van der Waals surface area contributed by atoms with Crippen LogP contribution in [0.2, 0.25) is 0 Å². The first-order valence-electron chi connectivity index (χ1n) is 15.9. The lowest BCUT2D eigenvalue weighted by Gasteiger charge is -2.08. The molecule has 0 bridgehead atoms. The first-order chi connectivity index (χ1) is 23.7. The van der Waals surface area contributed by atoms with E-state index in [9.17, 15) is 0 Å². The largest absolute Gasteiger partial charge is 0.456 e. The van der Waals surface area contributed by atoms with E-state index in [1.807, 2.05) is 54.6 Å². The van der Waals surface area contributed by atoms with Gasteiger partial charge in [-0.2, -0.15) is 0 Å². The number of fused-ring (bicyclic) bond motifs is 7. The quantitative estimate of drug-likeness (QED) is 0.194. The molecule has 3 heterocycles. The summed E-state index contributed by atoms with van der Waals surface area (Å²) in [5, 5.41) is 7.18. The smallest absolute Gasteiger partial charge is 0.164 e. The van der Waals surface area contributed by atoms with Crippen LogP contribution in [-0.4, -0.2) is 15.0 Å². The van der Waals surface area contributed by atoms with Crippen molar-refractivity contribution < 1.29 is 4.42 Å². The lowest BCUT2D eigenvalue weighted by Crippen LogP contribution is -2.00. The van der Waals surface area contributed by atoms with E-state index in [2.05, 4.69) is 97.1 Å². The van der Waals surface area contributed by atoms with Crippen molar-refractivity contribution in [1.29, 1.82) is 0 Å². The second-order valence-electron chi connectivity index (χ2n) is 12.0. The van der Waals surface area contributed by atoms with Crippen LogP contribution in [-0.2, 0) is 0 Å². The van der Waals surface area contributed by atoms with Crippen molar-refractivity contribution in [3.63, 3.8) is 0 Å². The van der Waals surface area contributed by atoms with E-state index in [0.717, 1.165) is 38.6 Å². The lowest BCUT2D eigenvalue weighted by molar-refractivity contribution is 0.669. The summed E-state index contributed by atoms with van der Waals surface area (Å²) in [6.07, 6.45) is 0. The molecule has 0 unspecified atom stereocenters. The van der Waals surface area contributed by atoms with E-state index in [1.165, 1.54) is 42.1 Å². The van der Waals surface area contributed by atoms with Gasteiger partial charge < -0.3 is 4.42 Å². The van der Waals surface area contributed by atoms with Crippen LogP contribution in [0.5, 0.6) is 0 Å². The van der Waals surface area contributed by atoms with E-state index >= 15 is 0 Å². The Balaban J connectivity index is 1.11. The average molecular weight is 632 g/mol. The minimum absolute atomic E-state index is 0.609. The van der Waals surface area contributed by atoms with Gasteiger partial charge >= 0.3 is 0 Å². The number of thiophene rings is 1. The maximum atomic E-state index is 6.21. The molecule has 10 rings (SSSR count). The van der Waals surface area contributed by atoms with Crippen molar-refractivity contribution in [2.45, 2.75) is 0 Å². The van der Waals surface area contributed by atoms with Gasteiger partial charge in [-0.1, -0.05) is 121 Å². The van der Waals surface area contributed by atoms with Crippen LogP contribution in [0.25, 0.3) is 98.2 Å². The van der Waals surface area contributed by atoms with E-state index in [4.69, 9.17) is 19.4 Å². The predicted octanol–water partition coefficient (Wildman–Crippen LogP) is 12.0. The minimum Gasteiger partial charge on any atom is -0.456 e. The number of hydrogen-bond acceptors (Lipinski definition) is 5. The van der Waals surface area contributed by atoms with Gasteiger partial charge in [0.2, 0.25) is 0 Å². The zero-order valence-electron chi connectivity index (χ0n) is 25.6. The highest BCUT2D eigenvalue weighted by Crippen LogP contribution is 2.40. The molecular weight excluding hydrogens is 607 g/mol. The monoisotopic (exact) mass is 631 g/mol. The summed E-state index contributed by atoms with van der Waals surface area (Å²) in [6, 6.07) is 52.9. The van der Waals surface area contributed by atoms with Gasteiger partial charge in [0, 0.05) is 47.6 Å². The van der Waals surface area contributed by atoms with E-state index in [0.29, 0.717) is 17.5 Å². The summed E-state index contributed by atoms with van der Waals surface area (Å²) in [5.74, 6) is 1.88. The molecule has 4 nitrogen and oxygen atoms in total. The van der Waals surface area contributed by atoms with Gasteiger partial charge in [-0.05, 0) is 52.2 Å². The summed E-state index contributed by atoms with van der Waals surface area (Å²) < 4.78 is 8.67. The Morgan fingerprint density at radius 2 is 0.938 bits per heavy atom. The molecule has 0 aliphatic heterocycles. The van der Waals surface area contributed by atoms with Crippen molar-refractivity contribution in [3.05, 3.63) is 152 Å². The fourth-order valence-electron chi connectivity index (χ4n) is 6.78. The van der Waals surface area contributed by atoms with Crippen LogP contribution in [0, 0.1) is 0 Å². The van der Waals surface area contributed by atoms with Crippen molar-refractivity contribution in [2.75, 3.05) is 0 Å². The van der Waals surface area contributed by atoms with Crippen LogP contribution in [0.4, 0.5) is 0 Å². The van der Waals surface area contributed by atoms with Crippen molar-refractivity contribution >= 4 is 64.2 Å². The van der Waals surface area contributed by atoms with Crippen LogP contribution in [0.3, 0.4) is 0 Å². The Morgan fingerprint density at radius 3 is 1.73 bits per heavy atom. The number of nitrogens with zero attached hydrogens (tertiary/aromatic N) is 3. The molecule has 0 aliphatic rings. The van der Waals surface area contributed by atoms with Gasteiger partial charge in [-0.3, -0.25) is 0 Å². The van der Waals surface area contributed by atoms with Crippen LogP contribution in [0.15, 0.2) is 156 Å². The van der Waals surface area contributed by atoms with Gasteiger partial charge in [-0.15, -0.1) is 11.3 Å². The van der Waals surface area contributed by atoms with Gasteiger partial charge in [-0.25, -0.2) is 15.0 Å². The van der Waals surface area contributed by atoms with E-state index in [1.54, 1.807) is 11.3 Å². The maximum absolute atomic E-state index is 6.21. The first-order valence-corrected chi connectivity index (χ1v) is 16.7. The number of rotatable bonds is 4. The molecule has 224 valence electrons. The summed E-state index contributed by atoms with van der Waals surface area (Å²) in [6.45, 7) is 0. The Labute approximate surface area is 279 Å². The van der Waals surface area contributed by atoms with Crippen molar-refractivity contribution in [2.24, 2.45) is 0 Å². The SMILES string of the molecule is c1ccc(-c2nc(-c3ccc4c(c3)oc3ccccc34)nc(-c3ccc4c(c3)sc3cc(-c5cccc6ccccc56)ccc34)n2)cc1. The predicted molar refractivity (Wildman–Crippen MR) is 199 cm³/mol. The highest BCUT2D eigenvalue weighted by Gasteiger charge is 2.16. The third kappa shape index (κ3) is 4.40. The van der Waals surface area contributed by atoms with Gasteiger partial charge in [0.1, 0.15) is 11.2 Å². The molecule has 0 amide bonds. The van der Waals surface area contributed by atoms with E-state index < -0.39 is 0 Å². The highest BCUT2D eigenvalue weighted by atomic mass is 32.1. The molecule has 5 heteroatoms. The molecule has 0 spiro atoms. The Kier molecular flexibility index (Phi) is 6.01. The molecule has 3 aromatic heterocycles. The third-order valence-electron chi connectivity index (χ3n) is 9.14. The van der Waals surface area contributed by atoms with Crippen molar-refractivity contribution in [1.82, 2.24) is 15.0 Å². The fourth-order valence-corrected chi connectivity index (χ4v) is 7.96. The molecule has 0 atom stereocenters. The summed E-state index contributed by atoms with van der Waals surface area (Å²) >= 11 is 1.81. The minimum atomic E-state index is 0.609. The number of hydrogen-bond donors (Lipinski definition) is 0. The van der Waals surface area contributed by atoms with Crippen LogP contribution in [0.1, 0.15) is 0 Å². The standard InChI is InChI=1S/C43H25N3OS/c1-2-10-27(11-3-1)41-44-42(29-18-20-34-33-14-6-7-16-37(33)47-38(34)23-29)46-43(45-41)30-19-22-36-35-21-17-28(24-39(35)48-40(36)25-30)32-15-8-12-26-9-4-5-13-31(26)32/h1-25H. The maximum Gasteiger partial charge on any atom is 0.164 e. The van der Waals surface area contributed by atoms with Gasteiger partial charge in [0.05, 0.1) is 0 Å². The lowest BCUT2D eigenvalue weighted by atomic mass is 9.97. The Hall–Kier alpha value is -6.17. The Morgan fingerprint density at radius 1 is 0.375 bits per heavy atom. The normalized spacial score (nSPS) is 11.8. The number of benzene rings is 7. The highest BCUT2D eigenvalue weighted by molar-refractivity contribution is 7.25. The molecule has 0 saturated carbocycles. The Bertz CT molecular complexity index is 2850. The molecule has 0 radical (unpaired) electrons. The van der Waals surface area contributed by atoms with Crippen molar-refractivity contribution in [3.8, 4) is 45.3 Å². The number of para-hydroxylation sites is 1. The summed E-state index contributed by atoms with van der Waals surface area (Å²) in [4.78, 5) is 15.0. The molecule has 0 N–H and O–H groups in total. The molecule has 0 aliphatic carbocycles. The molecule has 48 heavy (non-hydrogen) atoms. The molecule has 0 saturated heterocycles. The molecule has 10 aromatic rings. The number of furan rings is 1. The molecular formula is C43H25N3OS. The first kappa shape index (κ1) is 27.0. The van der Waals surface area contributed by atoms with Crippen LogP contribution >= 0.6 is 11.3 Å². The third-order valence-corrected chi connectivity index (χ3v) is 10.3. The summed E-state index contributed by atoms with van der Waals surface area (Å²) in [5.41, 5.74) is 6.93. The van der Waals surface area contributed by atoms with Gasteiger partial charge in [0.25, 0.3) is 0 Å². The molecule has 0 fully saturated rings. The number of aromatic nitrogens is 3. The van der Waals surface area contributed by atoms with Crippen LogP contribution < -0.4 is 0 Å². The summed E-state index contributed by atoms with van der Waals surface area (Å²) in [7, 11) is 0. The second kappa shape index (κ2) is 10.7. The topological polar surface area (TPSA) is 51.8 Å². The zero-order valence-corrected chi connectivity index (χ0v) is 26.4. The average Bonchev–Trinajstić information content (AvgIpc) is 3.71.